The van der Waals surface area contributed by atoms with Gasteiger partial charge in [-0.25, -0.2) is 13.6 Å². The van der Waals surface area contributed by atoms with Gasteiger partial charge >= 0.3 is 0 Å². The fraction of sp³-hybridized carbons (Fsp3) is 0.467. The Morgan fingerprint density at radius 3 is 2.86 bits per heavy atom. The first-order chi connectivity index (χ1) is 10.1. The lowest BCUT2D eigenvalue weighted by Crippen LogP contribution is -2.11. The number of rotatable bonds is 5. The molecule has 0 saturated carbocycles. The Morgan fingerprint density at radius 1 is 1.33 bits per heavy atom. The van der Waals surface area contributed by atoms with Crippen molar-refractivity contribution >= 4 is 20.9 Å². The fourth-order valence-corrected chi connectivity index (χ4v) is 3.74. The smallest absolute Gasteiger partial charge is 0.240 e. The summed E-state index contributed by atoms with van der Waals surface area (Å²) < 4.78 is 31.0. The maximum Gasteiger partial charge on any atom is 0.240 e. The summed E-state index contributed by atoms with van der Waals surface area (Å²) in [5.41, 5.74) is 0.911. The van der Waals surface area contributed by atoms with Gasteiger partial charge in [0.25, 0.3) is 0 Å². The number of nitrogens with zero attached hydrogens (tertiary/aromatic N) is 1. The summed E-state index contributed by atoms with van der Waals surface area (Å²) in [6.07, 6.45) is 6.27. The van der Waals surface area contributed by atoms with Crippen molar-refractivity contribution in [2.24, 2.45) is 5.14 Å². The summed E-state index contributed by atoms with van der Waals surface area (Å²) in [5.74, 6) is 0. The lowest BCUT2D eigenvalue weighted by molar-refractivity contribution is 0.101. The van der Waals surface area contributed by atoms with Gasteiger partial charge in [-0.1, -0.05) is 18.2 Å². The molecule has 5 nitrogen and oxygen atoms in total. The van der Waals surface area contributed by atoms with Crippen LogP contribution < -0.4 is 5.14 Å². The van der Waals surface area contributed by atoms with Gasteiger partial charge in [-0.2, -0.15) is 0 Å². The first kappa shape index (κ1) is 14.6. The van der Waals surface area contributed by atoms with E-state index in [0.717, 1.165) is 44.4 Å². The average Bonchev–Trinajstić information content (AvgIpc) is 3.06. The second kappa shape index (κ2) is 5.79. The van der Waals surface area contributed by atoms with Crippen molar-refractivity contribution in [1.82, 2.24) is 4.57 Å². The highest BCUT2D eigenvalue weighted by Gasteiger charge is 2.18. The zero-order chi connectivity index (χ0) is 14.9. The molecule has 1 aromatic carbocycles. The number of fused-ring (bicyclic) bond motifs is 1. The molecule has 1 atom stereocenters. The normalized spacial score (nSPS) is 19.4. The Bertz CT molecular complexity index is 730. The van der Waals surface area contributed by atoms with Crippen LogP contribution in [0.15, 0.2) is 35.4 Å². The van der Waals surface area contributed by atoms with E-state index in [9.17, 15) is 8.42 Å². The van der Waals surface area contributed by atoms with Crippen LogP contribution in [0, 0.1) is 0 Å². The minimum Gasteiger partial charge on any atom is -0.378 e. The number of aryl methyl sites for hydroxylation is 1. The summed E-state index contributed by atoms with van der Waals surface area (Å²) in [6.45, 7) is 1.64. The van der Waals surface area contributed by atoms with Crippen molar-refractivity contribution < 1.29 is 13.2 Å². The molecule has 2 N–H and O–H groups in total. The third kappa shape index (κ3) is 3.12. The van der Waals surface area contributed by atoms with Crippen LogP contribution in [-0.4, -0.2) is 25.7 Å². The van der Waals surface area contributed by atoms with E-state index in [2.05, 4.69) is 0 Å². The van der Waals surface area contributed by atoms with E-state index < -0.39 is 10.0 Å². The van der Waals surface area contributed by atoms with Crippen LogP contribution in [-0.2, 0) is 21.3 Å². The molecule has 0 radical (unpaired) electrons. The Balaban J connectivity index is 1.81. The number of para-hydroxylation sites is 1. The van der Waals surface area contributed by atoms with Crippen LogP contribution in [0.3, 0.4) is 0 Å². The summed E-state index contributed by atoms with van der Waals surface area (Å²) in [5, 5.41) is 6.00. The SMILES string of the molecule is NS(=O)(=O)c1cn(CCCC2CCCO2)c2ccccc12. The molecule has 1 aliphatic heterocycles. The average molecular weight is 308 g/mol. The van der Waals surface area contributed by atoms with Crippen molar-refractivity contribution in [3.8, 4) is 0 Å². The van der Waals surface area contributed by atoms with E-state index in [-0.39, 0.29) is 4.90 Å². The Hall–Kier alpha value is -1.37. The molecule has 0 bridgehead atoms. The molecule has 21 heavy (non-hydrogen) atoms. The third-order valence-corrected chi connectivity index (χ3v) is 4.95. The van der Waals surface area contributed by atoms with Crippen molar-refractivity contribution in [2.45, 2.75) is 43.2 Å². The number of aromatic nitrogens is 1. The maximum atomic E-state index is 11.7. The van der Waals surface area contributed by atoms with Gasteiger partial charge in [0, 0.05) is 30.3 Å². The highest BCUT2D eigenvalue weighted by atomic mass is 32.2. The molecule has 0 spiro atoms. The molecular formula is C15H20N2O3S. The standard InChI is InChI=1S/C15H20N2O3S/c16-21(18,19)15-11-17(14-8-2-1-7-13(14)15)9-3-5-12-6-4-10-20-12/h1-2,7-8,11-12H,3-6,9-10H2,(H2,16,18,19). The van der Waals surface area contributed by atoms with E-state index in [1.165, 1.54) is 0 Å². The van der Waals surface area contributed by atoms with Crippen LogP contribution in [0.5, 0.6) is 0 Å². The van der Waals surface area contributed by atoms with Gasteiger partial charge in [0.1, 0.15) is 4.90 Å². The van der Waals surface area contributed by atoms with Crippen molar-refractivity contribution in [2.75, 3.05) is 6.61 Å². The number of hydrogen-bond donors (Lipinski definition) is 1. The van der Waals surface area contributed by atoms with E-state index >= 15 is 0 Å². The van der Waals surface area contributed by atoms with Gasteiger partial charge in [0.15, 0.2) is 0 Å². The monoisotopic (exact) mass is 308 g/mol. The zero-order valence-corrected chi connectivity index (χ0v) is 12.7. The number of hydrogen-bond acceptors (Lipinski definition) is 3. The first-order valence-electron chi connectivity index (χ1n) is 7.28. The van der Waals surface area contributed by atoms with Crippen LogP contribution >= 0.6 is 0 Å². The number of benzene rings is 1. The van der Waals surface area contributed by atoms with Crippen molar-refractivity contribution in [3.63, 3.8) is 0 Å². The zero-order valence-electron chi connectivity index (χ0n) is 11.9. The second-order valence-electron chi connectivity index (χ2n) is 5.53. The van der Waals surface area contributed by atoms with Gasteiger partial charge in [-0.3, -0.25) is 0 Å². The summed E-state index contributed by atoms with van der Waals surface area (Å²) in [6, 6.07) is 7.46. The van der Waals surface area contributed by atoms with Gasteiger partial charge in [-0.05, 0) is 31.7 Å². The minimum atomic E-state index is -3.69. The van der Waals surface area contributed by atoms with Gasteiger partial charge in [0.2, 0.25) is 10.0 Å². The van der Waals surface area contributed by atoms with E-state index in [0.29, 0.717) is 11.5 Å². The molecule has 2 aromatic rings. The van der Waals surface area contributed by atoms with Crippen LogP contribution in [0.2, 0.25) is 0 Å². The molecule has 6 heteroatoms. The van der Waals surface area contributed by atoms with Gasteiger partial charge in [0.05, 0.1) is 6.10 Å². The predicted octanol–water partition coefficient (Wildman–Crippen LogP) is 2.25. The lowest BCUT2D eigenvalue weighted by atomic mass is 10.1. The molecule has 1 fully saturated rings. The highest BCUT2D eigenvalue weighted by molar-refractivity contribution is 7.89. The summed E-state index contributed by atoms with van der Waals surface area (Å²) >= 11 is 0. The summed E-state index contributed by atoms with van der Waals surface area (Å²) in [7, 11) is -3.69. The molecule has 2 heterocycles. The van der Waals surface area contributed by atoms with E-state index in [1.54, 1.807) is 12.3 Å². The molecule has 0 amide bonds. The van der Waals surface area contributed by atoms with Gasteiger partial charge < -0.3 is 9.30 Å². The maximum absolute atomic E-state index is 11.7. The van der Waals surface area contributed by atoms with E-state index in [1.807, 2.05) is 22.8 Å². The molecule has 0 aliphatic carbocycles. The first-order valence-corrected chi connectivity index (χ1v) is 8.82. The molecule has 1 aliphatic rings. The molecule has 1 aromatic heterocycles. The molecule has 1 saturated heterocycles. The Morgan fingerprint density at radius 2 is 2.14 bits per heavy atom. The molecular weight excluding hydrogens is 288 g/mol. The number of sulfonamides is 1. The molecule has 3 rings (SSSR count). The quantitative estimate of drug-likeness (QED) is 0.920. The number of primary sulfonamides is 1. The largest absolute Gasteiger partial charge is 0.378 e. The minimum absolute atomic E-state index is 0.204. The topological polar surface area (TPSA) is 74.3 Å². The lowest BCUT2D eigenvalue weighted by Gasteiger charge is -2.10. The Kier molecular flexibility index (Phi) is 4.01. The van der Waals surface area contributed by atoms with Crippen LogP contribution in [0.1, 0.15) is 25.7 Å². The number of ether oxygens (including phenoxy) is 1. The van der Waals surface area contributed by atoms with Gasteiger partial charge in [-0.15, -0.1) is 0 Å². The number of nitrogens with two attached hydrogens (primary N) is 1. The van der Waals surface area contributed by atoms with E-state index in [4.69, 9.17) is 9.88 Å². The fourth-order valence-electron chi connectivity index (χ4n) is 2.99. The third-order valence-electron chi connectivity index (χ3n) is 4.01. The molecule has 1 unspecified atom stereocenters. The van der Waals surface area contributed by atoms with Crippen molar-refractivity contribution in [3.05, 3.63) is 30.5 Å². The Labute approximate surface area is 124 Å². The van der Waals surface area contributed by atoms with Crippen LogP contribution in [0.4, 0.5) is 0 Å². The highest BCUT2D eigenvalue weighted by Crippen LogP contribution is 2.25. The van der Waals surface area contributed by atoms with Crippen molar-refractivity contribution in [1.29, 1.82) is 0 Å². The predicted molar refractivity (Wildman–Crippen MR) is 81.5 cm³/mol. The van der Waals surface area contributed by atoms with Crippen LogP contribution in [0.25, 0.3) is 10.9 Å². The summed E-state index contributed by atoms with van der Waals surface area (Å²) in [4.78, 5) is 0.204. The molecule has 114 valence electrons. The second-order valence-corrected chi connectivity index (χ2v) is 7.06.